The van der Waals surface area contributed by atoms with Gasteiger partial charge < -0.3 is 65.1 Å². The van der Waals surface area contributed by atoms with Crippen LogP contribution in [0.25, 0.3) is 0 Å². The van der Waals surface area contributed by atoms with Crippen molar-refractivity contribution in [2.45, 2.75) is 288 Å². The molecular formula is C103H176O16Si3. The molecule has 0 bridgehead atoms. The zero-order valence-electron chi connectivity index (χ0n) is 82.9. The number of carbonyl (C=O) groups excluding carboxylic acids is 2. The van der Waals surface area contributed by atoms with Gasteiger partial charge in [0.15, 0.2) is 16.6 Å². The summed E-state index contributed by atoms with van der Waals surface area (Å²) in [6.45, 7) is 79.1. The van der Waals surface area contributed by atoms with Crippen molar-refractivity contribution in [1.82, 2.24) is 0 Å². The second kappa shape index (κ2) is 58.6. The molecule has 1 saturated carbocycles. The van der Waals surface area contributed by atoms with E-state index in [-0.39, 0.29) is 45.4 Å². The fourth-order valence-electron chi connectivity index (χ4n) is 12.6. The van der Waals surface area contributed by atoms with E-state index < -0.39 is 25.2 Å². The van der Waals surface area contributed by atoms with Gasteiger partial charge in [-0.3, -0.25) is 9.59 Å². The second-order valence-electron chi connectivity index (χ2n) is 42.0. The van der Waals surface area contributed by atoms with E-state index in [4.69, 9.17) is 65.1 Å². The Morgan fingerprint density at radius 3 is 0.967 bits per heavy atom. The van der Waals surface area contributed by atoms with Crippen LogP contribution in [-0.4, -0.2) is 143 Å². The van der Waals surface area contributed by atoms with Crippen molar-refractivity contribution in [3.63, 3.8) is 0 Å². The first kappa shape index (κ1) is 112. The highest BCUT2D eigenvalue weighted by Gasteiger charge is 2.40. The molecule has 1 fully saturated rings. The summed E-state index contributed by atoms with van der Waals surface area (Å²) < 4.78 is 81.4. The molecule has 0 spiro atoms. The van der Waals surface area contributed by atoms with Gasteiger partial charge in [-0.25, -0.2) is 0 Å². The smallest absolute Gasteiger partial charge is 0.311 e. The Balaban J connectivity index is 0.000000526. The first-order valence-corrected chi connectivity index (χ1v) is 55.3. The monoisotopic (exact) mass is 1750 g/mol. The minimum Gasteiger partial charge on any atom is -0.494 e. The lowest BCUT2D eigenvalue weighted by Crippen LogP contribution is -2.52. The van der Waals surface area contributed by atoms with Gasteiger partial charge in [-0.05, 0) is 224 Å². The lowest BCUT2D eigenvalue weighted by molar-refractivity contribution is -0.164. The van der Waals surface area contributed by atoms with Crippen LogP contribution < -0.4 is 28.4 Å². The third-order valence-corrected chi connectivity index (χ3v) is 30.1. The van der Waals surface area contributed by atoms with Crippen molar-refractivity contribution in [2.75, 3.05) is 106 Å². The molecule has 1 aliphatic carbocycles. The molecule has 5 aromatic rings. The van der Waals surface area contributed by atoms with Gasteiger partial charge in [0, 0.05) is 64.0 Å². The summed E-state index contributed by atoms with van der Waals surface area (Å²) in [7, 11) is -5.62. The van der Waals surface area contributed by atoms with E-state index in [1.807, 2.05) is 52.0 Å². The molecule has 0 N–H and O–H groups in total. The number of carbonyl (C=O) groups is 2. The molecule has 696 valence electrons. The average Bonchev–Trinajstić information content (AvgIpc) is 0.804. The molecule has 0 saturated heterocycles. The number of hydrogen-bond donors (Lipinski definition) is 0. The van der Waals surface area contributed by atoms with Gasteiger partial charge in [0.05, 0.1) is 77.9 Å². The van der Waals surface area contributed by atoms with Crippen molar-refractivity contribution in [1.29, 1.82) is 0 Å². The topological polar surface area (TPSA) is 163 Å². The Morgan fingerprint density at radius 2 is 0.639 bits per heavy atom. The van der Waals surface area contributed by atoms with E-state index in [1.54, 1.807) is 0 Å². The van der Waals surface area contributed by atoms with Crippen molar-refractivity contribution in [3.8, 4) is 34.5 Å². The molecular weight excluding hydrogens is 1580 g/mol. The van der Waals surface area contributed by atoms with Crippen LogP contribution in [0.5, 0.6) is 34.5 Å². The zero-order chi connectivity index (χ0) is 91.8. The summed E-state index contributed by atoms with van der Waals surface area (Å²) in [6.07, 6.45) is 8.31. The molecule has 2 atom stereocenters. The molecule has 0 radical (unpaired) electrons. The maximum Gasteiger partial charge on any atom is 0.311 e. The molecule has 2 unspecified atom stereocenters. The van der Waals surface area contributed by atoms with Gasteiger partial charge in [0.1, 0.15) is 34.5 Å². The molecule has 0 heterocycles. The lowest BCUT2D eigenvalue weighted by atomic mass is 9.78. The van der Waals surface area contributed by atoms with Crippen LogP contribution in [-0.2, 0) is 58.1 Å². The average molecular weight is 1750 g/mol. The maximum atomic E-state index is 12.1. The van der Waals surface area contributed by atoms with Crippen molar-refractivity contribution >= 4 is 37.1 Å². The summed E-state index contributed by atoms with van der Waals surface area (Å²) in [4.78, 5) is 24.3. The first-order valence-electron chi connectivity index (χ1n) is 46.2. The summed E-state index contributed by atoms with van der Waals surface area (Å²) in [5, 5.41) is 0. The number of rotatable bonds is 49. The van der Waals surface area contributed by atoms with Crippen molar-refractivity contribution in [2.24, 2.45) is 69.5 Å². The van der Waals surface area contributed by atoms with Gasteiger partial charge in [-0.15, -0.1) is 0 Å². The first-order chi connectivity index (χ1) is 56.9. The van der Waals surface area contributed by atoms with E-state index in [0.717, 1.165) is 177 Å². The van der Waals surface area contributed by atoms with Gasteiger partial charge in [-0.1, -0.05) is 241 Å². The largest absolute Gasteiger partial charge is 0.494 e. The van der Waals surface area contributed by atoms with E-state index in [9.17, 15) is 9.59 Å². The predicted molar refractivity (Wildman–Crippen MR) is 516 cm³/mol. The Hall–Kier alpha value is -5.75. The predicted octanol–water partition coefficient (Wildman–Crippen LogP) is 26.6. The molecule has 0 amide bonds. The number of hydrogen-bond acceptors (Lipinski definition) is 16. The quantitative estimate of drug-likeness (QED) is 0.0205. The Morgan fingerprint density at radius 1 is 0.336 bits per heavy atom. The molecule has 19 heteroatoms. The second-order valence-corrected chi connectivity index (χ2v) is 54.5. The van der Waals surface area contributed by atoms with Crippen LogP contribution in [0.3, 0.4) is 0 Å². The lowest BCUT2D eigenvalue weighted by Gasteiger charge is -2.38. The van der Waals surface area contributed by atoms with Crippen LogP contribution >= 0.6 is 0 Å². The van der Waals surface area contributed by atoms with E-state index in [1.165, 1.54) is 22.3 Å². The summed E-state index contributed by atoms with van der Waals surface area (Å²) in [6, 6.07) is 43.7. The standard InChI is InChI=1S/C29H44O4.C22H52O4Si3.C21H28O2.C16H28O4.C15H24O2/c1-23(2)21-30-17-7-19-32-27-13-9-25(10-14-27)29(5,6)26-11-15-28(16-12-26)33-20-8-18-31-22-24(3)4;1-21(2,3)19-23-15-13-17-27(7,8)25-29(11,12)26-28(9,10)18-14-16-24-20-22(4,5)6;1-16(2)14-22-20-9-5-18(6-10-20)13-19-7-11-21(12-8-19)23-15-17(3)4;1-11(2)9-19-15(17)13-7-5-6-8-14(13)16(18)20-10-12(3)4;1-12(2)10-16-13-7-6-8-14(9-13)17-11-15(3,4)5/h9-16,23-24H,7-8,17-22H2,1-6H3;13-20H2,1-12H3;5-12,16-17H,13-15H2,1-4H3;11-14H,5-10H2,1-4H3;6-9,12H,10-11H2,1-5H3. The van der Waals surface area contributed by atoms with Crippen LogP contribution in [0.4, 0.5) is 0 Å². The normalized spacial score (nSPS) is 14.1. The van der Waals surface area contributed by atoms with E-state index in [0.29, 0.717) is 74.5 Å². The fourth-order valence-corrected chi connectivity index (χ4v) is 26.6. The highest BCUT2D eigenvalue weighted by molar-refractivity contribution is 6.87. The van der Waals surface area contributed by atoms with Crippen LogP contribution in [0.15, 0.2) is 121 Å². The third kappa shape index (κ3) is 57.1. The highest BCUT2D eigenvalue weighted by Crippen LogP contribution is 2.36. The number of esters is 2. The van der Waals surface area contributed by atoms with Crippen molar-refractivity contribution < 1.29 is 74.7 Å². The Kier molecular flexibility index (Phi) is 53.9. The van der Waals surface area contributed by atoms with Gasteiger partial charge in [0.2, 0.25) is 0 Å². The summed E-state index contributed by atoms with van der Waals surface area (Å²) in [5.41, 5.74) is 5.63. The molecule has 122 heavy (non-hydrogen) atoms. The summed E-state index contributed by atoms with van der Waals surface area (Å²) in [5.74, 6) is 7.76. The minimum absolute atomic E-state index is 0.105. The van der Waals surface area contributed by atoms with Crippen LogP contribution in [0.1, 0.15) is 247 Å². The number of ether oxygens (including phenoxy) is 12. The zero-order valence-corrected chi connectivity index (χ0v) is 85.9. The van der Waals surface area contributed by atoms with Crippen LogP contribution in [0, 0.1) is 69.5 Å². The molecule has 0 aliphatic heterocycles. The van der Waals surface area contributed by atoms with E-state index >= 15 is 0 Å². The fraction of sp³-hybridized carbons (Fsp3) is 0.689. The SMILES string of the molecule is CC(C)(C)COCCC[Si](C)(C)O[Si](C)(C)O[Si](C)(C)CCCOCC(C)(C)C.CC(C)COC(=O)C1CCCCC1C(=O)OCC(C)C.CC(C)COCCCOc1ccc(C(C)(C)c2ccc(OCCCOCC(C)C)cc2)cc1.CC(C)COc1ccc(Cc2ccc(OCC(C)C)cc2)cc1.CC(C)COc1cccc(OCC(C)(C)C)c1. The minimum atomic E-state index is -2.13. The summed E-state index contributed by atoms with van der Waals surface area (Å²) >= 11 is 0. The third-order valence-electron chi connectivity index (χ3n) is 18.7. The van der Waals surface area contributed by atoms with E-state index in [2.05, 4.69) is 282 Å². The molecule has 6 rings (SSSR count). The molecule has 1 aliphatic rings. The Labute approximate surface area is 748 Å². The number of benzene rings is 5. The van der Waals surface area contributed by atoms with Gasteiger partial charge in [-0.2, -0.15) is 0 Å². The molecule has 16 nitrogen and oxygen atoms in total. The maximum absolute atomic E-state index is 12.1. The Bertz CT molecular complexity index is 3300. The molecule has 5 aromatic carbocycles. The van der Waals surface area contributed by atoms with Gasteiger partial charge in [0.25, 0.3) is 0 Å². The van der Waals surface area contributed by atoms with Crippen LogP contribution in [0.2, 0.25) is 51.4 Å². The van der Waals surface area contributed by atoms with Crippen molar-refractivity contribution in [3.05, 3.63) is 144 Å². The molecule has 0 aromatic heterocycles. The highest BCUT2D eigenvalue weighted by atomic mass is 28.5. The van der Waals surface area contributed by atoms with Gasteiger partial charge >= 0.3 is 20.5 Å².